The second-order valence-electron chi connectivity index (χ2n) is 4.53. The molecule has 1 aliphatic carbocycles. The Morgan fingerprint density at radius 1 is 1.12 bits per heavy atom. The van der Waals surface area contributed by atoms with Gasteiger partial charge in [-0.1, -0.05) is 25.0 Å². The quantitative estimate of drug-likeness (QED) is 0.847. The molecule has 1 heterocycles. The maximum atomic E-state index is 4.62. The van der Waals surface area contributed by atoms with Crippen LogP contribution in [0.4, 0.5) is 0 Å². The maximum Gasteiger partial charge on any atom is 0.181 e. The van der Waals surface area contributed by atoms with Gasteiger partial charge in [0, 0.05) is 15.1 Å². The molecule has 0 amide bonds. The number of halogens is 1. The number of nitrogens with one attached hydrogen (secondary N) is 1. The molecule has 0 atom stereocenters. The minimum Gasteiger partial charge on any atom is -0.262 e. The molecule has 2 aromatic rings. The van der Waals surface area contributed by atoms with Crippen molar-refractivity contribution in [1.29, 1.82) is 0 Å². The van der Waals surface area contributed by atoms with Crippen molar-refractivity contribution in [3.05, 3.63) is 33.7 Å². The molecule has 0 spiro atoms. The van der Waals surface area contributed by atoms with Gasteiger partial charge in [0.2, 0.25) is 0 Å². The van der Waals surface area contributed by atoms with Crippen LogP contribution < -0.4 is 0 Å². The van der Waals surface area contributed by atoms with E-state index < -0.39 is 0 Å². The lowest BCUT2D eigenvalue weighted by molar-refractivity contribution is 0.672. The molecular weight excluding hydrogens is 325 g/mol. The highest BCUT2D eigenvalue weighted by atomic mass is 127. The van der Waals surface area contributed by atoms with Gasteiger partial charge < -0.3 is 0 Å². The van der Waals surface area contributed by atoms with Crippen molar-refractivity contribution in [2.75, 3.05) is 0 Å². The fourth-order valence-corrected chi connectivity index (χ4v) is 2.74. The van der Waals surface area contributed by atoms with Gasteiger partial charge in [-0.3, -0.25) is 5.10 Å². The van der Waals surface area contributed by atoms with Crippen molar-refractivity contribution in [2.24, 2.45) is 0 Å². The van der Waals surface area contributed by atoms with E-state index in [1.54, 1.807) is 0 Å². The summed E-state index contributed by atoms with van der Waals surface area (Å²) in [6.45, 7) is 0. The van der Waals surface area contributed by atoms with Gasteiger partial charge in [-0.25, -0.2) is 4.98 Å². The van der Waals surface area contributed by atoms with Crippen molar-refractivity contribution in [3.63, 3.8) is 0 Å². The molecule has 1 aliphatic rings. The van der Waals surface area contributed by atoms with E-state index >= 15 is 0 Å². The first-order valence-electron chi connectivity index (χ1n) is 6.01. The molecule has 0 saturated heterocycles. The van der Waals surface area contributed by atoms with Gasteiger partial charge in [-0.2, -0.15) is 5.10 Å². The molecule has 17 heavy (non-hydrogen) atoms. The molecule has 1 fully saturated rings. The Kier molecular flexibility index (Phi) is 3.13. The van der Waals surface area contributed by atoms with Crippen LogP contribution in [0.15, 0.2) is 24.3 Å². The van der Waals surface area contributed by atoms with Crippen molar-refractivity contribution < 1.29 is 0 Å². The third kappa shape index (κ3) is 2.36. The van der Waals surface area contributed by atoms with Gasteiger partial charge in [0.25, 0.3) is 0 Å². The van der Waals surface area contributed by atoms with E-state index in [4.69, 9.17) is 0 Å². The second kappa shape index (κ2) is 4.76. The summed E-state index contributed by atoms with van der Waals surface area (Å²) in [5.41, 5.74) is 1.09. The number of aromatic nitrogens is 3. The highest BCUT2D eigenvalue weighted by molar-refractivity contribution is 14.1. The van der Waals surface area contributed by atoms with Crippen LogP contribution in [0, 0.1) is 3.57 Å². The molecular formula is C13H14IN3. The molecule has 0 unspecified atom stereocenters. The summed E-state index contributed by atoms with van der Waals surface area (Å²) < 4.78 is 1.23. The van der Waals surface area contributed by atoms with Gasteiger partial charge in [-0.05, 0) is 47.6 Å². The van der Waals surface area contributed by atoms with Crippen LogP contribution in [0.5, 0.6) is 0 Å². The van der Waals surface area contributed by atoms with Crippen LogP contribution in [-0.4, -0.2) is 15.2 Å². The highest BCUT2D eigenvalue weighted by Crippen LogP contribution is 2.32. The van der Waals surface area contributed by atoms with E-state index in [0.29, 0.717) is 5.92 Å². The first-order chi connectivity index (χ1) is 8.33. The monoisotopic (exact) mass is 339 g/mol. The summed E-state index contributed by atoms with van der Waals surface area (Å²) in [6.07, 6.45) is 5.15. The summed E-state index contributed by atoms with van der Waals surface area (Å²) in [6, 6.07) is 8.32. The number of hydrogen-bond donors (Lipinski definition) is 1. The van der Waals surface area contributed by atoms with E-state index in [1.807, 2.05) is 0 Å². The summed E-state index contributed by atoms with van der Waals surface area (Å²) in [7, 11) is 0. The number of rotatable bonds is 2. The lowest BCUT2D eigenvalue weighted by Gasteiger charge is -2.01. The predicted octanol–water partition coefficient (Wildman–Crippen LogP) is 3.73. The average molecular weight is 339 g/mol. The molecule has 1 aromatic carbocycles. The van der Waals surface area contributed by atoms with Crippen LogP contribution in [0.3, 0.4) is 0 Å². The lowest BCUT2D eigenvalue weighted by atomic mass is 10.1. The summed E-state index contributed by atoms with van der Waals surface area (Å²) >= 11 is 2.30. The zero-order valence-corrected chi connectivity index (χ0v) is 11.6. The van der Waals surface area contributed by atoms with Gasteiger partial charge in [0.1, 0.15) is 5.82 Å². The number of nitrogens with zero attached hydrogens (tertiary/aromatic N) is 2. The second-order valence-corrected chi connectivity index (χ2v) is 5.78. The Morgan fingerprint density at radius 3 is 2.53 bits per heavy atom. The van der Waals surface area contributed by atoms with Crippen molar-refractivity contribution in [3.8, 4) is 11.4 Å². The molecule has 0 radical (unpaired) electrons. The Hall–Kier alpha value is -0.910. The van der Waals surface area contributed by atoms with E-state index in [2.05, 4.69) is 62.0 Å². The van der Waals surface area contributed by atoms with Gasteiger partial charge in [0.15, 0.2) is 5.82 Å². The van der Waals surface area contributed by atoms with Crippen LogP contribution in [0.1, 0.15) is 37.4 Å². The average Bonchev–Trinajstić information content (AvgIpc) is 3.00. The van der Waals surface area contributed by atoms with E-state index in [0.717, 1.165) is 17.2 Å². The normalized spacial score (nSPS) is 16.5. The summed E-state index contributed by atoms with van der Waals surface area (Å²) in [4.78, 5) is 4.62. The summed E-state index contributed by atoms with van der Waals surface area (Å²) in [5, 5.41) is 7.42. The largest absolute Gasteiger partial charge is 0.262 e. The van der Waals surface area contributed by atoms with E-state index in [1.165, 1.54) is 29.3 Å². The zero-order chi connectivity index (χ0) is 11.7. The molecule has 1 aromatic heterocycles. The van der Waals surface area contributed by atoms with E-state index in [-0.39, 0.29) is 0 Å². The van der Waals surface area contributed by atoms with Gasteiger partial charge >= 0.3 is 0 Å². The molecule has 3 nitrogen and oxygen atoms in total. The fraction of sp³-hybridized carbons (Fsp3) is 0.385. The summed E-state index contributed by atoms with van der Waals surface area (Å²) in [5.74, 6) is 2.49. The Bertz CT molecular complexity index is 498. The number of H-pyrrole nitrogens is 1. The number of hydrogen-bond acceptors (Lipinski definition) is 2. The van der Waals surface area contributed by atoms with Crippen molar-refractivity contribution >= 4 is 22.6 Å². The highest BCUT2D eigenvalue weighted by Gasteiger charge is 2.20. The smallest absolute Gasteiger partial charge is 0.181 e. The molecule has 1 saturated carbocycles. The topological polar surface area (TPSA) is 41.6 Å². The van der Waals surface area contributed by atoms with E-state index in [9.17, 15) is 0 Å². The zero-order valence-electron chi connectivity index (χ0n) is 9.49. The molecule has 4 heteroatoms. The first-order valence-corrected chi connectivity index (χ1v) is 7.09. The van der Waals surface area contributed by atoms with Crippen molar-refractivity contribution in [1.82, 2.24) is 15.2 Å². The molecule has 0 bridgehead atoms. The van der Waals surface area contributed by atoms with Crippen molar-refractivity contribution in [2.45, 2.75) is 31.6 Å². The van der Waals surface area contributed by atoms with Crippen LogP contribution in [0.2, 0.25) is 0 Å². The minimum absolute atomic E-state index is 0.597. The van der Waals surface area contributed by atoms with Crippen LogP contribution >= 0.6 is 22.6 Å². The fourth-order valence-electron chi connectivity index (χ4n) is 2.38. The Labute approximate surface area is 114 Å². The van der Waals surface area contributed by atoms with Gasteiger partial charge in [0.05, 0.1) is 0 Å². The van der Waals surface area contributed by atoms with Crippen LogP contribution in [0.25, 0.3) is 11.4 Å². The SMILES string of the molecule is Ic1ccc(-c2n[nH]c(C3CCCC3)n2)cc1. The Balaban J connectivity index is 1.86. The molecule has 1 N–H and O–H groups in total. The Morgan fingerprint density at radius 2 is 1.82 bits per heavy atom. The maximum absolute atomic E-state index is 4.62. The first kappa shape index (κ1) is 11.2. The molecule has 3 rings (SSSR count). The molecule has 88 valence electrons. The number of benzene rings is 1. The van der Waals surface area contributed by atoms with Crippen LogP contribution in [-0.2, 0) is 0 Å². The number of aromatic amines is 1. The minimum atomic E-state index is 0.597. The third-order valence-corrected chi connectivity index (χ3v) is 4.07. The third-order valence-electron chi connectivity index (χ3n) is 3.35. The lowest BCUT2D eigenvalue weighted by Crippen LogP contribution is -1.94. The standard InChI is InChI=1S/C13H14IN3/c14-11-7-5-10(6-8-11)13-15-12(16-17-13)9-3-1-2-4-9/h5-9H,1-4H2,(H,15,16,17). The van der Waals surface area contributed by atoms with Gasteiger partial charge in [-0.15, -0.1) is 0 Å². The molecule has 0 aliphatic heterocycles. The predicted molar refractivity (Wildman–Crippen MR) is 75.7 cm³/mol.